The van der Waals surface area contributed by atoms with Crippen LogP contribution in [-0.4, -0.2) is 35.7 Å². The van der Waals surface area contributed by atoms with Crippen LogP contribution in [0.4, 0.5) is 11.4 Å². The highest BCUT2D eigenvalue weighted by Crippen LogP contribution is 2.33. The fraction of sp³-hybridized carbons (Fsp3) is 0.208. The molecule has 0 aliphatic carbocycles. The molecule has 0 heterocycles. The number of methoxy groups -OCH3 is 3. The van der Waals surface area contributed by atoms with E-state index in [-0.39, 0.29) is 16.2 Å². The van der Waals surface area contributed by atoms with Gasteiger partial charge < -0.3 is 19.5 Å². The molecule has 0 aliphatic rings. The second-order valence-electron chi connectivity index (χ2n) is 7.31. The molecule has 33 heavy (non-hydrogen) atoms. The molecule has 0 spiro atoms. The zero-order valence-electron chi connectivity index (χ0n) is 19.1. The minimum Gasteiger partial charge on any atom is -0.495 e. The van der Waals surface area contributed by atoms with Crippen LogP contribution in [0, 0.1) is 13.8 Å². The van der Waals surface area contributed by atoms with Gasteiger partial charge in [0.25, 0.3) is 15.9 Å². The molecule has 2 N–H and O–H groups in total. The number of aryl methyl sites for hydroxylation is 2. The van der Waals surface area contributed by atoms with Gasteiger partial charge >= 0.3 is 0 Å². The molecule has 174 valence electrons. The first-order chi connectivity index (χ1) is 15.7. The number of nitrogens with one attached hydrogen (secondary N) is 2. The lowest BCUT2D eigenvalue weighted by atomic mass is 10.1. The maximum Gasteiger partial charge on any atom is 0.265 e. The summed E-state index contributed by atoms with van der Waals surface area (Å²) in [6.45, 7) is 3.72. The quantitative estimate of drug-likeness (QED) is 0.506. The van der Waals surface area contributed by atoms with Crippen molar-refractivity contribution in [2.24, 2.45) is 0 Å². The van der Waals surface area contributed by atoms with E-state index in [4.69, 9.17) is 14.2 Å². The van der Waals surface area contributed by atoms with Gasteiger partial charge in [0.2, 0.25) is 0 Å². The summed E-state index contributed by atoms with van der Waals surface area (Å²) in [6, 6.07) is 14.5. The Morgan fingerprint density at radius 3 is 2.00 bits per heavy atom. The molecule has 3 rings (SSSR count). The van der Waals surface area contributed by atoms with Crippen molar-refractivity contribution in [1.29, 1.82) is 0 Å². The molecule has 3 aromatic carbocycles. The molecule has 0 fully saturated rings. The Balaban J connectivity index is 1.93. The van der Waals surface area contributed by atoms with E-state index in [0.29, 0.717) is 22.9 Å². The summed E-state index contributed by atoms with van der Waals surface area (Å²) in [5.41, 5.74) is 2.81. The predicted octanol–water partition coefficient (Wildman–Crippen LogP) is 4.38. The molecule has 9 heteroatoms. The maximum atomic E-state index is 13.1. The topological polar surface area (TPSA) is 103 Å². The monoisotopic (exact) mass is 470 g/mol. The van der Waals surface area contributed by atoms with E-state index in [1.165, 1.54) is 39.5 Å². The minimum atomic E-state index is -4.02. The van der Waals surface area contributed by atoms with Crippen LogP contribution >= 0.6 is 0 Å². The second-order valence-corrected chi connectivity index (χ2v) is 8.96. The fourth-order valence-corrected chi connectivity index (χ4v) is 4.42. The van der Waals surface area contributed by atoms with E-state index in [0.717, 1.165) is 11.1 Å². The Labute approximate surface area is 193 Å². The maximum absolute atomic E-state index is 13.1. The molecule has 0 saturated heterocycles. The zero-order valence-corrected chi connectivity index (χ0v) is 19.9. The number of ether oxygens (including phenoxy) is 3. The summed E-state index contributed by atoms with van der Waals surface area (Å²) in [6.07, 6.45) is 0. The molecule has 0 bridgehead atoms. The van der Waals surface area contributed by atoms with E-state index < -0.39 is 15.9 Å². The van der Waals surface area contributed by atoms with Crippen LogP contribution in [0.15, 0.2) is 59.5 Å². The average Bonchev–Trinajstić information content (AvgIpc) is 2.80. The van der Waals surface area contributed by atoms with E-state index in [1.54, 1.807) is 36.4 Å². The van der Waals surface area contributed by atoms with Gasteiger partial charge in [0.15, 0.2) is 11.5 Å². The van der Waals surface area contributed by atoms with Crippen molar-refractivity contribution in [2.75, 3.05) is 31.4 Å². The lowest BCUT2D eigenvalue weighted by Gasteiger charge is -2.15. The standard InChI is InChI=1S/C24H26N2O6S/c1-15-6-9-18(10-7-15)26-33(28,29)23-13-17(8-11-20(23)30-3)24(27)25-19-14-22(32-5)21(31-4)12-16(19)2/h6-14,26H,1-5H3,(H,25,27). The third-order valence-corrected chi connectivity index (χ3v) is 6.40. The smallest absolute Gasteiger partial charge is 0.265 e. The van der Waals surface area contributed by atoms with Gasteiger partial charge in [-0.1, -0.05) is 17.7 Å². The zero-order chi connectivity index (χ0) is 24.2. The molecule has 0 aliphatic heterocycles. The highest BCUT2D eigenvalue weighted by atomic mass is 32.2. The Bertz CT molecular complexity index is 1270. The van der Waals surface area contributed by atoms with Crippen molar-refractivity contribution < 1.29 is 27.4 Å². The Morgan fingerprint density at radius 2 is 1.39 bits per heavy atom. The first-order valence-electron chi connectivity index (χ1n) is 10.00. The van der Waals surface area contributed by atoms with Gasteiger partial charge in [-0.3, -0.25) is 9.52 Å². The number of hydrogen-bond acceptors (Lipinski definition) is 6. The van der Waals surface area contributed by atoms with Crippen molar-refractivity contribution in [3.05, 3.63) is 71.3 Å². The molecule has 0 saturated carbocycles. The Kier molecular flexibility index (Phi) is 7.13. The normalized spacial score (nSPS) is 10.9. The lowest BCUT2D eigenvalue weighted by Crippen LogP contribution is -2.17. The molecule has 0 aromatic heterocycles. The van der Waals surface area contributed by atoms with Crippen molar-refractivity contribution in [1.82, 2.24) is 0 Å². The van der Waals surface area contributed by atoms with Gasteiger partial charge in [0, 0.05) is 23.0 Å². The van der Waals surface area contributed by atoms with Crippen LogP contribution in [0.5, 0.6) is 17.2 Å². The first kappa shape index (κ1) is 23.9. The van der Waals surface area contributed by atoms with Gasteiger partial charge in [-0.05, 0) is 55.8 Å². The number of hydrogen-bond donors (Lipinski definition) is 2. The number of carbonyl (C=O) groups is 1. The fourth-order valence-electron chi connectivity index (χ4n) is 3.17. The number of anilines is 2. The van der Waals surface area contributed by atoms with E-state index >= 15 is 0 Å². The molecular weight excluding hydrogens is 444 g/mol. The van der Waals surface area contributed by atoms with E-state index in [2.05, 4.69) is 10.0 Å². The van der Waals surface area contributed by atoms with Crippen LogP contribution in [0.1, 0.15) is 21.5 Å². The summed E-state index contributed by atoms with van der Waals surface area (Å²) in [5, 5.41) is 2.79. The highest BCUT2D eigenvalue weighted by Gasteiger charge is 2.22. The molecule has 0 atom stereocenters. The van der Waals surface area contributed by atoms with E-state index in [1.807, 2.05) is 13.8 Å². The summed E-state index contributed by atoms with van der Waals surface area (Å²) in [4.78, 5) is 12.8. The Hall–Kier alpha value is -3.72. The number of rotatable bonds is 8. The van der Waals surface area contributed by atoms with Crippen LogP contribution < -0.4 is 24.2 Å². The second kappa shape index (κ2) is 9.83. The summed E-state index contributed by atoms with van der Waals surface area (Å²) < 4.78 is 44.4. The summed E-state index contributed by atoms with van der Waals surface area (Å²) in [7, 11) is 0.379. The van der Waals surface area contributed by atoms with E-state index in [9.17, 15) is 13.2 Å². The van der Waals surface area contributed by atoms with Gasteiger partial charge in [-0.2, -0.15) is 0 Å². The minimum absolute atomic E-state index is 0.119. The number of benzene rings is 3. The Morgan fingerprint density at radius 1 is 0.788 bits per heavy atom. The van der Waals surface area contributed by atoms with Crippen molar-refractivity contribution >= 4 is 27.3 Å². The van der Waals surface area contributed by atoms with Crippen molar-refractivity contribution in [3.8, 4) is 17.2 Å². The predicted molar refractivity (Wildman–Crippen MR) is 127 cm³/mol. The van der Waals surface area contributed by atoms with Crippen LogP contribution in [0.3, 0.4) is 0 Å². The van der Waals surface area contributed by atoms with Crippen molar-refractivity contribution in [3.63, 3.8) is 0 Å². The van der Waals surface area contributed by atoms with Crippen LogP contribution in [-0.2, 0) is 10.0 Å². The number of carbonyl (C=O) groups excluding carboxylic acids is 1. The van der Waals surface area contributed by atoms with Gasteiger partial charge in [0.05, 0.1) is 21.3 Å². The van der Waals surface area contributed by atoms with Gasteiger partial charge in [-0.15, -0.1) is 0 Å². The van der Waals surface area contributed by atoms with Crippen LogP contribution in [0.25, 0.3) is 0 Å². The summed E-state index contributed by atoms with van der Waals surface area (Å²) >= 11 is 0. The molecule has 8 nitrogen and oxygen atoms in total. The van der Waals surface area contributed by atoms with Gasteiger partial charge in [-0.25, -0.2) is 8.42 Å². The number of amides is 1. The third kappa shape index (κ3) is 5.38. The molecule has 3 aromatic rings. The molecule has 1 amide bonds. The lowest BCUT2D eigenvalue weighted by molar-refractivity contribution is 0.102. The highest BCUT2D eigenvalue weighted by molar-refractivity contribution is 7.92. The molecule has 0 radical (unpaired) electrons. The molecule has 0 unspecified atom stereocenters. The van der Waals surface area contributed by atoms with Crippen LogP contribution in [0.2, 0.25) is 0 Å². The largest absolute Gasteiger partial charge is 0.495 e. The molecular formula is C24H26N2O6S. The van der Waals surface area contributed by atoms with Gasteiger partial charge in [0.1, 0.15) is 10.6 Å². The third-order valence-electron chi connectivity index (χ3n) is 5.00. The average molecular weight is 471 g/mol. The first-order valence-corrected chi connectivity index (χ1v) is 11.5. The summed E-state index contributed by atoms with van der Waals surface area (Å²) in [5.74, 6) is 0.625. The van der Waals surface area contributed by atoms with Crippen molar-refractivity contribution in [2.45, 2.75) is 18.7 Å². The SMILES string of the molecule is COc1cc(C)c(NC(=O)c2ccc(OC)c(S(=O)(=O)Nc3ccc(C)cc3)c2)cc1OC. The number of sulfonamides is 1.